The first-order chi connectivity index (χ1) is 8.79. The van der Waals surface area contributed by atoms with Gasteiger partial charge in [-0.05, 0) is 35.0 Å². The molecule has 9 heteroatoms. The van der Waals surface area contributed by atoms with Crippen molar-refractivity contribution in [3.8, 4) is 0 Å². The van der Waals surface area contributed by atoms with Crippen molar-refractivity contribution in [2.75, 3.05) is 10.5 Å². The molecule has 1 heterocycles. The lowest BCUT2D eigenvalue weighted by atomic mass is 10.3. The smallest absolute Gasteiger partial charge is 0.266 e. The topological polar surface area (TPSA) is 85.1 Å². The minimum Gasteiger partial charge on any atom is -0.399 e. The molecule has 0 bridgehead atoms. The van der Waals surface area contributed by atoms with Crippen LogP contribution in [-0.2, 0) is 10.0 Å². The number of nitrogens with one attached hydrogen (secondary N) is 1. The van der Waals surface area contributed by atoms with Gasteiger partial charge in [0.15, 0.2) is 10.9 Å². The number of rotatable bonds is 3. The second-order valence-corrected chi connectivity index (χ2v) is 7.08. The van der Waals surface area contributed by atoms with E-state index in [2.05, 4.69) is 25.6 Å². The van der Waals surface area contributed by atoms with Gasteiger partial charge in [-0.3, -0.25) is 4.72 Å². The normalized spacial score (nSPS) is 11.5. The van der Waals surface area contributed by atoms with Gasteiger partial charge in [0.25, 0.3) is 10.0 Å². The number of nitrogen functional groups attached to an aromatic ring is 1. The Bertz CT molecular complexity index is 730. The van der Waals surface area contributed by atoms with Gasteiger partial charge < -0.3 is 5.73 Å². The Morgan fingerprint density at radius 1 is 1.47 bits per heavy atom. The predicted molar refractivity (Wildman–Crippen MR) is 76.2 cm³/mol. The lowest BCUT2D eigenvalue weighted by Gasteiger charge is -2.08. The number of benzene rings is 1. The Kier molecular flexibility index (Phi) is 3.79. The Labute approximate surface area is 121 Å². The van der Waals surface area contributed by atoms with Crippen LogP contribution in [0, 0.1) is 12.7 Å². The largest absolute Gasteiger partial charge is 0.399 e. The van der Waals surface area contributed by atoms with Crippen LogP contribution in [0.5, 0.6) is 0 Å². The third kappa shape index (κ3) is 3.04. The van der Waals surface area contributed by atoms with Gasteiger partial charge in [-0.1, -0.05) is 0 Å². The summed E-state index contributed by atoms with van der Waals surface area (Å²) in [5, 5.41) is 1.86. The Hall–Kier alpha value is -1.19. The fourth-order valence-corrected chi connectivity index (χ4v) is 4.04. The number of aromatic nitrogens is 1. The molecule has 0 amide bonds. The second kappa shape index (κ2) is 5.06. The molecule has 102 valence electrons. The highest BCUT2D eigenvalue weighted by atomic mass is 79.9. The number of anilines is 2. The second-order valence-electron chi connectivity index (χ2n) is 3.71. The fourth-order valence-electron chi connectivity index (χ4n) is 1.35. The molecule has 5 nitrogen and oxygen atoms in total. The third-order valence-corrected chi connectivity index (χ3v) is 5.07. The van der Waals surface area contributed by atoms with Crippen LogP contribution in [0.1, 0.15) is 5.69 Å². The highest BCUT2D eigenvalue weighted by Crippen LogP contribution is 2.28. The summed E-state index contributed by atoms with van der Waals surface area (Å²) in [5.41, 5.74) is 6.34. The summed E-state index contributed by atoms with van der Waals surface area (Å²) in [5.74, 6) is -0.894. The van der Waals surface area contributed by atoms with E-state index in [1.54, 1.807) is 12.3 Å². The fraction of sp³-hybridized carbons (Fsp3) is 0.100. The average Bonchev–Trinajstić information content (AvgIpc) is 2.68. The van der Waals surface area contributed by atoms with Crippen molar-refractivity contribution in [2.24, 2.45) is 0 Å². The van der Waals surface area contributed by atoms with E-state index < -0.39 is 20.7 Å². The van der Waals surface area contributed by atoms with E-state index in [0.29, 0.717) is 5.69 Å². The molecule has 0 unspecified atom stereocenters. The van der Waals surface area contributed by atoms with Crippen LogP contribution in [0.3, 0.4) is 0 Å². The quantitative estimate of drug-likeness (QED) is 0.818. The van der Waals surface area contributed by atoms with Crippen molar-refractivity contribution in [2.45, 2.75) is 11.8 Å². The summed E-state index contributed by atoms with van der Waals surface area (Å²) < 4.78 is 40.2. The molecule has 1 aromatic carbocycles. The van der Waals surface area contributed by atoms with Crippen LogP contribution < -0.4 is 10.5 Å². The lowest BCUT2D eigenvalue weighted by Crippen LogP contribution is -2.15. The van der Waals surface area contributed by atoms with E-state index >= 15 is 0 Å². The molecule has 0 spiro atoms. The van der Waals surface area contributed by atoms with Gasteiger partial charge in [0, 0.05) is 11.1 Å². The zero-order valence-corrected chi connectivity index (χ0v) is 12.9. The van der Waals surface area contributed by atoms with Gasteiger partial charge in [-0.25, -0.2) is 17.8 Å². The Balaban J connectivity index is 2.45. The SMILES string of the molecule is Cc1csc(NS(=O)(=O)c2cc(N)cc(Br)c2F)n1. The average molecular weight is 366 g/mol. The van der Waals surface area contributed by atoms with Crippen molar-refractivity contribution in [1.82, 2.24) is 4.98 Å². The Morgan fingerprint density at radius 2 is 2.16 bits per heavy atom. The first kappa shape index (κ1) is 14.2. The van der Waals surface area contributed by atoms with Gasteiger partial charge in [0.2, 0.25) is 0 Å². The molecule has 1 aromatic heterocycles. The molecule has 0 aliphatic rings. The molecule has 2 rings (SSSR count). The first-order valence-electron chi connectivity index (χ1n) is 4.99. The van der Waals surface area contributed by atoms with Gasteiger partial charge >= 0.3 is 0 Å². The highest BCUT2D eigenvalue weighted by Gasteiger charge is 2.22. The molecule has 2 aromatic rings. The van der Waals surface area contributed by atoms with E-state index in [9.17, 15) is 12.8 Å². The molecule has 0 aliphatic carbocycles. The summed E-state index contributed by atoms with van der Waals surface area (Å²) in [7, 11) is -4.06. The Morgan fingerprint density at radius 3 is 2.74 bits per heavy atom. The van der Waals surface area contributed by atoms with Gasteiger partial charge in [0.1, 0.15) is 4.90 Å². The molecule has 0 atom stereocenters. The maximum atomic E-state index is 13.8. The molecule has 0 aliphatic heterocycles. The molecule has 0 radical (unpaired) electrons. The molecule has 0 saturated heterocycles. The monoisotopic (exact) mass is 365 g/mol. The maximum absolute atomic E-state index is 13.8. The van der Waals surface area contributed by atoms with Crippen LogP contribution >= 0.6 is 27.3 Å². The van der Waals surface area contributed by atoms with E-state index in [1.807, 2.05) is 0 Å². The first-order valence-corrected chi connectivity index (χ1v) is 8.14. The van der Waals surface area contributed by atoms with Crippen LogP contribution in [0.25, 0.3) is 0 Å². The number of hydrogen-bond donors (Lipinski definition) is 2. The molecule has 19 heavy (non-hydrogen) atoms. The van der Waals surface area contributed by atoms with Crippen molar-refractivity contribution < 1.29 is 12.8 Å². The standard InChI is InChI=1S/C10H9BrFN3O2S2/c1-5-4-18-10(14-5)15-19(16,17)8-3-6(13)2-7(11)9(8)12/h2-4H,13H2,1H3,(H,14,15). The molecule has 3 N–H and O–H groups in total. The zero-order valence-electron chi connectivity index (χ0n) is 9.65. The van der Waals surface area contributed by atoms with Crippen LogP contribution in [0.15, 0.2) is 26.9 Å². The third-order valence-electron chi connectivity index (χ3n) is 2.15. The van der Waals surface area contributed by atoms with E-state index in [-0.39, 0.29) is 15.3 Å². The minimum absolute atomic E-state index is 0.0109. The number of thiazole rings is 1. The van der Waals surface area contributed by atoms with E-state index in [0.717, 1.165) is 17.4 Å². The molecular formula is C10H9BrFN3O2S2. The summed E-state index contributed by atoms with van der Waals surface area (Å²) >= 11 is 4.04. The number of sulfonamides is 1. The highest BCUT2D eigenvalue weighted by molar-refractivity contribution is 9.10. The van der Waals surface area contributed by atoms with Crippen molar-refractivity contribution in [3.05, 3.63) is 33.5 Å². The van der Waals surface area contributed by atoms with Gasteiger partial charge in [0.05, 0.1) is 10.2 Å². The number of aryl methyl sites for hydroxylation is 1. The molecule has 0 saturated carbocycles. The van der Waals surface area contributed by atoms with Crippen molar-refractivity contribution in [3.63, 3.8) is 0 Å². The van der Waals surface area contributed by atoms with Crippen molar-refractivity contribution >= 4 is 48.1 Å². The summed E-state index contributed by atoms with van der Waals surface area (Å²) in [6.45, 7) is 1.73. The predicted octanol–water partition coefficient (Wildman–Crippen LogP) is 2.74. The zero-order chi connectivity index (χ0) is 14.2. The summed E-state index contributed by atoms with van der Waals surface area (Å²) in [6.07, 6.45) is 0. The van der Waals surface area contributed by atoms with Crippen LogP contribution in [0.2, 0.25) is 0 Å². The number of halogens is 2. The number of nitrogens with two attached hydrogens (primary N) is 1. The lowest BCUT2D eigenvalue weighted by molar-refractivity contribution is 0.567. The minimum atomic E-state index is -4.06. The van der Waals surface area contributed by atoms with E-state index in [1.165, 1.54) is 6.07 Å². The van der Waals surface area contributed by atoms with Gasteiger partial charge in [-0.15, -0.1) is 11.3 Å². The summed E-state index contributed by atoms with van der Waals surface area (Å²) in [6, 6.07) is 2.35. The summed E-state index contributed by atoms with van der Waals surface area (Å²) in [4.78, 5) is 3.44. The number of nitrogens with zero attached hydrogens (tertiary/aromatic N) is 1. The molecular weight excluding hydrogens is 357 g/mol. The molecule has 0 fully saturated rings. The van der Waals surface area contributed by atoms with Crippen LogP contribution in [0.4, 0.5) is 15.2 Å². The van der Waals surface area contributed by atoms with Gasteiger partial charge in [-0.2, -0.15) is 0 Å². The van der Waals surface area contributed by atoms with Crippen LogP contribution in [-0.4, -0.2) is 13.4 Å². The van der Waals surface area contributed by atoms with E-state index in [4.69, 9.17) is 5.73 Å². The van der Waals surface area contributed by atoms with Crippen molar-refractivity contribution in [1.29, 1.82) is 0 Å². The maximum Gasteiger partial charge on any atom is 0.266 e. The number of hydrogen-bond acceptors (Lipinski definition) is 5.